The SMILES string of the molecule is CSc1ccccc1NC(=O)CN(C)C(=O)c1noc2c1CCCC2. The predicted molar refractivity (Wildman–Crippen MR) is 97.0 cm³/mol. The first kappa shape index (κ1) is 17.5. The maximum Gasteiger partial charge on any atom is 0.276 e. The number of rotatable bonds is 5. The van der Waals surface area contributed by atoms with Gasteiger partial charge in [-0.3, -0.25) is 9.59 Å². The van der Waals surface area contributed by atoms with Gasteiger partial charge in [0.15, 0.2) is 5.69 Å². The first-order valence-electron chi connectivity index (χ1n) is 8.26. The summed E-state index contributed by atoms with van der Waals surface area (Å²) in [5, 5.41) is 6.79. The molecule has 0 aliphatic heterocycles. The number of nitrogens with one attached hydrogen (secondary N) is 1. The first-order chi connectivity index (χ1) is 12.1. The Hall–Kier alpha value is -2.28. The number of hydrogen-bond acceptors (Lipinski definition) is 5. The Bertz CT molecular complexity index is 788. The number of carbonyl (C=O) groups excluding carboxylic acids is 2. The Labute approximate surface area is 150 Å². The number of fused-ring (bicyclic) bond motifs is 1. The average Bonchev–Trinajstić information content (AvgIpc) is 3.05. The van der Waals surface area contributed by atoms with E-state index < -0.39 is 0 Å². The van der Waals surface area contributed by atoms with Gasteiger partial charge in [0.1, 0.15) is 5.76 Å². The molecule has 0 saturated heterocycles. The second kappa shape index (κ2) is 7.74. The van der Waals surface area contributed by atoms with Crippen LogP contribution in [0.2, 0.25) is 0 Å². The van der Waals surface area contributed by atoms with Crippen molar-refractivity contribution in [3.63, 3.8) is 0 Å². The van der Waals surface area contributed by atoms with Gasteiger partial charge in [0, 0.05) is 23.9 Å². The summed E-state index contributed by atoms with van der Waals surface area (Å²) < 4.78 is 5.29. The van der Waals surface area contributed by atoms with Crippen molar-refractivity contribution >= 4 is 29.3 Å². The van der Waals surface area contributed by atoms with Gasteiger partial charge in [-0.15, -0.1) is 11.8 Å². The van der Waals surface area contributed by atoms with Gasteiger partial charge < -0.3 is 14.7 Å². The minimum Gasteiger partial charge on any atom is -0.360 e. The van der Waals surface area contributed by atoms with E-state index >= 15 is 0 Å². The number of amides is 2. The van der Waals surface area contributed by atoms with Crippen LogP contribution in [-0.4, -0.2) is 41.7 Å². The van der Waals surface area contributed by atoms with Gasteiger partial charge in [-0.2, -0.15) is 0 Å². The molecule has 6 nitrogen and oxygen atoms in total. The molecule has 0 bridgehead atoms. The monoisotopic (exact) mass is 359 g/mol. The lowest BCUT2D eigenvalue weighted by Gasteiger charge is -2.17. The number of carbonyl (C=O) groups is 2. The van der Waals surface area contributed by atoms with Crippen LogP contribution in [0.25, 0.3) is 0 Å². The standard InChI is InChI=1S/C18H21N3O3S/c1-21(11-16(22)19-13-8-4-6-10-15(13)25-2)18(23)17-12-7-3-5-9-14(12)24-20-17/h4,6,8,10H,3,5,7,9,11H2,1-2H3,(H,19,22). The largest absolute Gasteiger partial charge is 0.360 e. The molecule has 0 spiro atoms. The fourth-order valence-corrected chi connectivity index (χ4v) is 3.51. The van der Waals surface area contributed by atoms with Crippen molar-refractivity contribution in [3.8, 4) is 0 Å². The van der Waals surface area contributed by atoms with E-state index in [0.717, 1.165) is 47.6 Å². The molecule has 1 aromatic heterocycles. The highest BCUT2D eigenvalue weighted by Crippen LogP contribution is 2.26. The minimum absolute atomic E-state index is 0.0385. The number of nitrogens with zero attached hydrogens (tertiary/aromatic N) is 2. The summed E-state index contributed by atoms with van der Waals surface area (Å²) in [7, 11) is 1.60. The highest BCUT2D eigenvalue weighted by Gasteiger charge is 2.26. The molecular weight excluding hydrogens is 338 g/mol. The second-order valence-electron chi connectivity index (χ2n) is 6.05. The van der Waals surface area contributed by atoms with E-state index in [1.54, 1.807) is 18.8 Å². The highest BCUT2D eigenvalue weighted by atomic mass is 32.2. The van der Waals surface area contributed by atoms with Crippen LogP contribution >= 0.6 is 11.8 Å². The van der Waals surface area contributed by atoms with Crippen LogP contribution in [0.4, 0.5) is 5.69 Å². The maximum absolute atomic E-state index is 12.6. The molecule has 1 aliphatic rings. The summed E-state index contributed by atoms with van der Waals surface area (Å²) in [6.45, 7) is -0.0385. The molecule has 0 saturated carbocycles. The number of likely N-dealkylation sites (N-methyl/N-ethyl adjacent to an activating group) is 1. The number of anilines is 1. The number of aromatic nitrogens is 1. The Morgan fingerprint density at radius 3 is 2.84 bits per heavy atom. The molecule has 0 radical (unpaired) electrons. The lowest BCUT2D eigenvalue weighted by molar-refractivity contribution is -0.116. The zero-order valence-corrected chi connectivity index (χ0v) is 15.2. The molecule has 2 amide bonds. The molecule has 0 unspecified atom stereocenters. The lowest BCUT2D eigenvalue weighted by Crippen LogP contribution is -2.35. The summed E-state index contributed by atoms with van der Waals surface area (Å²) >= 11 is 1.56. The van der Waals surface area contributed by atoms with Gasteiger partial charge in [0.05, 0.1) is 12.2 Å². The Morgan fingerprint density at radius 1 is 1.28 bits per heavy atom. The summed E-state index contributed by atoms with van der Waals surface area (Å²) in [6, 6.07) is 7.58. The predicted octanol–water partition coefficient (Wildman–Crippen LogP) is 2.99. The molecule has 7 heteroatoms. The molecule has 0 fully saturated rings. The van der Waals surface area contributed by atoms with Crippen LogP contribution in [0.3, 0.4) is 0 Å². The van der Waals surface area contributed by atoms with Crippen LogP contribution < -0.4 is 5.32 Å². The summed E-state index contributed by atoms with van der Waals surface area (Å²) in [5.41, 5.74) is 1.99. The fraction of sp³-hybridized carbons (Fsp3) is 0.389. The topological polar surface area (TPSA) is 75.4 Å². The molecule has 1 N–H and O–H groups in total. The van der Waals surface area contributed by atoms with Gasteiger partial charge in [-0.05, 0) is 37.7 Å². The Morgan fingerprint density at radius 2 is 2.04 bits per heavy atom. The van der Waals surface area contributed by atoms with E-state index in [1.807, 2.05) is 30.5 Å². The Balaban J connectivity index is 1.65. The van der Waals surface area contributed by atoms with E-state index in [-0.39, 0.29) is 18.4 Å². The van der Waals surface area contributed by atoms with Gasteiger partial charge in [0.25, 0.3) is 5.91 Å². The molecule has 1 heterocycles. The zero-order chi connectivity index (χ0) is 17.8. The highest BCUT2D eigenvalue weighted by molar-refractivity contribution is 7.98. The molecular formula is C18H21N3O3S. The van der Waals surface area contributed by atoms with Crippen LogP contribution in [0.5, 0.6) is 0 Å². The van der Waals surface area contributed by atoms with Gasteiger partial charge in [-0.1, -0.05) is 17.3 Å². The van der Waals surface area contributed by atoms with Crippen LogP contribution in [0.1, 0.15) is 34.7 Å². The van der Waals surface area contributed by atoms with Crippen LogP contribution in [0.15, 0.2) is 33.7 Å². The third-order valence-corrected chi connectivity index (χ3v) is 5.06. The maximum atomic E-state index is 12.6. The van der Waals surface area contributed by atoms with Crippen LogP contribution in [0, 0.1) is 0 Å². The molecule has 3 rings (SSSR count). The van der Waals surface area contributed by atoms with Crippen molar-refractivity contribution in [1.82, 2.24) is 10.1 Å². The van der Waals surface area contributed by atoms with Crippen molar-refractivity contribution in [3.05, 3.63) is 41.3 Å². The number of para-hydroxylation sites is 1. The van der Waals surface area contributed by atoms with Gasteiger partial charge >= 0.3 is 0 Å². The van der Waals surface area contributed by atoms with E-state index in [0.29, 0.717) is 5.69 Å². The van der Waals surface area contributed by atoms with E-state index in [2.05, 4.69) is 10.5 Å². The summed E-state index contributed by atoms with van der Waals surface area (Å²) in [4.78, 5) is 27.3. The first-order valence-corrected chi connectivity index (χ1v) is 9.48. The molecule has 2 aromatic rings. The minimum atomic E-state index is -0.278. The lowest BCUT2D eigenvalue weighted by atomic mass is 9.96. The molecule has 1 aromatic carbocycles. The molecule has 1 aliphatic carbocycles. The van der Waals surface area contributed by atoms with Crippen molar-refractivity contribution in [2.24, 2.45) is 0 Å². The molecule has 0 atom stereocenters. The summed E-state index contributed by atoms with van der Waals surface area (Å²) in [5.74, 6) is 0.288. The normalized spacial score (nSPS) is 13.2. The summed E-state index contributed by atoms with van der Waals surface area (Å²) in [6.07, 6.45) is 5.67. The fourth-order valence-electron chi connectivity index (χ4n) is 2.96. The third-order valence-electron chi connectivity index (χ3n) is 4.26. The van der Waals surface area contributed by atoms with Crippen molar-refractivity contribution in [2.45, 2.75) is 30.6 Å². The van der Waals surface area contributed by atoms with Crippen molar-refractivity contribution < 1.29 is 14.1 Å². The molecule has 132 valence electrons. The van der Waals surface area contributed by atoms with Crippen molar-refractivity contribution in [2.75, 3.05) is 25.2 Å². The smallest absolute Gasteiger partial charge is 0.276 e. The number of thioether (sulfide) groups is 1. The zero-order valence-electron chi connectivity index (χ0n) is 14.4. The van der Waals surface area contributed by atoms with Gasteiger partial charge in [0.2, 0.25) is 5.91 Å². The van der Waals surface area contributed by atoms with Crippen LogP contribution in [-0.2, 0) is 17.6 Å². The number of hydrogen-bond donors (Lipinski definition) is 1. The third kappa shape index (κ3) is 3.87. The van der Waals surface area contributed by atoms with E-state index in [9.17, 15) is 9.59 Å². The Kier molecular flexibility index (Phi) is 5.43. The average molecular weight is 359 g/mol. The number of aryl methyl sites for hydroxylation is 1. The quantitative estimate of drug-likeness (QED) is 0.831. The number of benzene rings is 1. The van der Waals surface area contributed by atoms with E-state index in [4.69, 9.17) is 4.52 Å². The second-order valence-corrected chi connectivity index (χ2v) is 6.90. The van der Waals surface area contributed by atoms with Gasteiger partial charge in [-0.25, -0.2) is 0 Å². The van der Waals surface area contributed by atoms with Crippen molar-refractivity contribution in [1.29, 1.82) is 0 Å². The molecule has 25 heavy (non-hydrogen) atoms. The van der Waals surface area contributed by atoms with E-state index in [1.165, 1.54) is 4.90 Å².